The van der Waals surface area contributed by atoms with E-state index in [0.29, 0.717) is 0 Å². The Kier molecular flexibility index (Phi) is 14.6. The van der Waals surface area contributed by atoms with E-state index in [0.717, 1.165) is 27.7 Å². The largest absolute Gasteiger partial charge is 0.458 e. The molecule has 0 aliphatic heterocycles. The summed E-state index contributed by atoms with van der Waals surface area (Å²) in [5.41, 5.74) is -5.13. The lowest BCUT2D eigenvalue weighted by atomic mass is 9.71. The number of rotatable bonds is 10. The molecule has 1 N–H and O–H groups in total. The van der Waals surface area contributed by atoms with Gasteiger partial charge in [-0.15, -0.1) is 0 Å². The van der Waals surface area contributed by atoms with E-state index in [9.17, 15) is 33.9 Å². The number of aliphatic hydroxyl groups is 1. The number of hydrogen-bond acceptors (Lipinski definition) is 14. The lowest BCUT2D eigenvalue weighted by Gasteiger charge is -2.46. The second-order valence-corrected chi connectivity index (χ2v) is 15.7. The highest BCUT2D eigenvalue weighted by molar-refractivity contribution is 5.89. The lowest BCUT2D eigenvalue weighted by molar-refractivity contribution is -0.196. The lowest BCUT2D eigenvalue weighted by Crippen LogP contribution is -2.59. The average molecular weight is 773 g/mol. The minimum Gasteiger partial charge on any atom is -0.458 e. The van der Waals surface area contributed by atoms with Gasteiger partial charge in [0.25, 0.3) is 0 Å². The molecule has 55 heavy (non-hydrogen) atoms. The van der Waals surface area contributed by atoms with Crippen molar-refractivity contribution in [1.29, 1.82) is 0 Å². The summed E-state index contributed by atoms with van der Waals surface area (Å²) >= 11 is 0. The molecule has 1 aromatic carbocycles. The standard InChI is InChI=1S/C41H56O14/c1-22(2)20-49-32-24(4)33(50-25(5)42)34(51-26(6)43)37(53-28(8)45)39(10,11)19-18-23(3)35(54-38(47)30-16-14-13-15-17-30)41(48)21-40(12,55-29(9)46)36(31(32)41)52-27(7)44/h13-19,22-23,31-37,48H,4,20-21H2,1-3,5-12H3/b19-18+/t23-,31-,32-,33-,34+,35-,36+,37+,40+,41+/m0/s1. The molecule has 2 aliphatic carbocycles. The first-order chi connectivity index (χ1) is 25.4. The first-order valence-corrected chi connectivity index (χ1v) is 18.3. The fourth-order valence-electron chi connectivity index (χ4n) is 7.68. The summed E-state index contributed by atoms with van der Waals surface area (Å²) in [6.07, 6.45) is -6.04. The number of ether oxygens (including phenoxy) is 7. The quantitative estimate of drug-likeness (QED) is 0.193. The Morgan fingerprint density at radius 1 is 0.764 bits per heavy atom. The van der Waals surface area contributed by atoms with Gasteiger partial charge in [0.15, 0.2) is 18.3 Å². The third kappa shape index (κ3) is 10.8. The van der Waals surface area contributed by atoms with Gasteiger partial charge in [-0.25, -0.2) is 4.79 Å². The van der Waals surface area contributed by atoms with Gasteiger partial charge in [-0.1, -0.05) is 71.5 Å². The summed E-state index contributed by atoms with van der Waals surface area (Å²) in [6, 6.07) is 8.10. The van der Waals surface area contributed by atoms with Crippen molar-refractivity contribution >= 4 is 35.8 Å². The molecule has 1 aromatic rings. The molecule has 0 bridgehead atoms. The Hall–Kier alpha value is -4.56. The second kappa shape index (κ2) is 17.9. The topological polar surface area (TPSA) is 187 Å². The van der Waals surface area contributed by atoms with E-state index < -0.39 is 107 Å². The van der Waals surface area contributed by atoms with Crippen LogP contribution < -0.4 is 0 Å². The van der Waals surface area contributed by atoms with E-state index >= 15 is 0 Å². The Balaban J connectivity index is 2.56. The predicted octanol–water partition coefficient (Wildman–Crippen LogP) is 4.84. The third-order valence-corrected chi connectivity index (χ3v) is 9.74. The fourth-order valence-corrected chi connectivity index (χ4v) is 7.68. The van der Waals surface area contributed by atoms with Crippen molar-refractivity contribution in [2.75, 3.05) is 6.61 Å². The summed E-state index contributed by atoms with van der Waals surface area (Å²) in [7, 11) is 0. The highest BCUT2D eigenvalue weighted by Crippen LogP contribution is 2.54. The molecule has 0 radical (unpaired) electrons. The van der Waals surface area contributed by atoms with Crippen molar-refractivity contribution in [3.8, 4) is 0 Å². The molecule has 304 valence electrons. The summed E-state index contributed by atoms with van der Waals surface area (Å²) in [5.74, 6) is -7.21. The molecular formula is C41H56O14. The molecule has 14 heteroatoms. The Labute approximate surface area is 322 Å². The molecule has 0 spiro atoms. The summed E-state index contributed by atoms with van der Waals surface area (Å²) < 4.78 is 42.2. The monoisotopic (exact) mass is 772 g/mol. The third-order valence-electron chi connectivity index (χ3n) is 9.74. The minimum atomic E-state index is -2.25. The molecule has 0 amide bonds. The van der Waals surface area contributed by atoms with Crippen molar-refractivity contribution in [3.63, 3.8) is 0 Å². The Morgan fingerprint density at radius 3 is 1.82 bits per heavy atom. The van der Waals surface area contributed by atoms with Gasteiger partial charge in [-0.05, 0) is 30.5 Å². The highest BCUT2D eigenvalue weighted by Gasteiger charge is 2.70. The number of carbonyl (C=O) groups excluding carboxylic acids is 6. The van der Waals surface area contributed by atoms with Crippen molar-refractivity contribution < 1.29 is 67.0 Å². The van der Waals surface area contributed by atoms with Gasteiger partial charge < -0.3 is 38.3 Å². The molecule has 10 atom stereocenters. The molecule has 0 unspecified atom stereocenters. The zero-order chi connectivity index (χ0) is 41.6. The van der Waals surface area contributed by atoms with E-state index in [1.165, 1.54) is 13.8 Å². The zero-order valence-electron chi connectivity index (χ0n) is 33.6. The van der Waals surface area contributed by atoms with E-state index in [4.69, 9.17) is 33.2 Å². The number of benzene rings is 1. The Morgan fingerprint density at radius 2 is 1.31 bits per heavy atom. The summed E-state index contributed by atoms with van der Waals surface area (Å²) in [4.78, 5) is 78.0. The second-order valence-electron chi connectivity index (χ2n) is 15.7. The van der Waals surface area contributed by atoms with E-state index in [2.05, 4.69) is 6.58 Å². The number of fused-ring (bicyclic) bond motifs is 1. The molecule has 0 heterocycles. The fraction of sp³-hybridized carbons (Fsp3) is 0.610. The van der Waals surface area contributed by atoms with Crippen LogP contribution in [0.5, 0.6) is 0 Å². The van der Waals surface area contributed by atoms with Crippen LogP contribution in [0.3, 0.4) is 0 Å². The normalized spacial score (nSPS) is 32.4. The summed E-state index contributed by atoms with van der Waals surface area (Å²) in [6.45, 7) is 20.3. The van der Waals surface area contributed by atoms with Crippen LogP contribution in [0.1, 0.15) is 92.9 Å². The van der Waals surface area contributed by atoms with E-state index in [1.54, 1.807) is 63.3 Å². The van der Waals surface area contributed by atoms with Gasteiger partial charge in [-0.2, -0.15) is 0 Å². The van der Waals surface area contributed by atoms with Crippen LogP contribution >= 0.6 is 0 Å². The predicted molar refractivity (Wildman–Crippen MR) is 197 cm³/mol. The van der Waals surface area contributed by atoms with Crippen LogP contribution in [0.4, 0.5) is 0 Å². The van der Waals surface area contributed by atoms with E-state index in [1.807, 2.05) is 13.8 Å². The zero-order valence-corrected chi connectivity index (χ0v) is 33.6. The van der Waals surface area contributed by atoms with Crippen LogP contribution in [0.25, 0.3) is 0 Å². The van der Waals surface area contributed by atoms with Gasteiger partial charge in [0.2, 0.25) is 0 Å². The van der Waals surface area contributed by atoms with Crippen LogP contribution in [-0.2, 0) is 57.1 Å². The maximum Gasteiger partial charge on any atom is 0.338 e. The SMILES string of the molecule is C=C1[C@H](OC(C)=O)[C@@H](OC(C)=O)[C@@H](OC(C)=O)C(C)(C)/C=C/[C@H](C)[C@H](OC(=O)c2ccccc2)[C@@]2(O)C[C@@](C)(OC(C)=O)[C@H](OC(C)=O)[C@@H]2[C@H]1OCC(C)C. The van der Waals surface area contributed by atoms with Crippen LogP contribution in [-0.4, -0.2) is 95.4 Å². The first-order valence-electron chi connectivity index (χ1n) is 18.3. The van der Waals surface area contributed by atoms with Gasteiger partial charge >= 0.3 is 35.8 Å². The highest BCUT2D eigenvalue weighted by atomic mass is 16.6. The molecule has 14 nitrogen and oxygen atoms in total. The molecule has 0 aromatic heterocycles. The number of esters is 6. The van der Waals surface area contributed by atoms with Crippen molar-refractivity contribution in [2.24, 2.45) is 23.2 Å². The maximum absolute atomic E-state index is 13.9. The van der Waals surface area contributed by atoms with Crippen molar-refractivity contribution in [2.45, 2.75) is 130 Å². The number of hydrogen-bond donors (Lipinski definition) is 1. The molecule has 2 aliphatic rings. The van der Waals surface area contributed by atoms with Gasteiger partial charge in [0.1, 0.15) is 23.4 Å². The van der Waals surface area contributed by atoms with Crippen molar-refractivity contribution in [1.82, 2.24) is 0 Å². The van der Waals surface area contributed by atoms with Gasteiger partial charge in [-0.3, -0.25) is 24.0 Å². The minimum absolute atomic E-state index is 0.00115. The summed E-state index contributed by atoms with van der Waals surface area (Å²) in [5, 5.41) is 13.4. The molecule has 1 fully saturated rings. The van der Waals surface area contributed by atoms with Crippen LogP contribution in [0.2, 0.25) is 0 Å². The molecule has 0 saturated heterocycles. The Bertz CT molecular complexity index is 1630. The molecule has 1 saturated carbocycles. The first kappa shape index (κ1) is 44.8. The maximum atomic E-state index is 13.9. The smallest absolute Gasteiger partial charge is 0.338 e. The van der Waals surface area contributed by atoms with E-state index in [-0.39, 0.29) is 23.7 Å². The van der Waals surface area contributed by atoms with Crippen LogP contribution in [0.15, 0.2) is 54.6 Å². The van der Waals surface area contributed by atoms with Crippen LogP contribution in [0, 0.1) is 23.2 Å². The van der Waals surface area contributed by atoms with Gasteiger partial charge in [0, 0.05) is 59.0 Å². The van der Waals surface area contributed by atoms with Gasteiger partial charge in [0.05, 0.1) is 17.6 Å². The average Bonchev–Trinajstić information content (AvgIpc) is 3.27. The molecular weight excluding hydrogens is 716 g/mol. The molecule has 3 rings (SSSR count). The number of carbonyl (C=O) groups is 6. The van der Waals surface area contributed by atoms with Crippen molar-refractivity contribution in [3.05, 3.63) is 60.2 Å².